The maximum absolute atomic E-state index is 11.6. The van der Waals surface area contributed by atoms with Crippen LogP contribution in [0.15, 0.2) is 54.6 Å². The van der Waals surface area contributed by atoms with E-state index in [9.17, 15) is 10.1 Å². The minimum Gasteiger partial charge on any atom is -0.449 e. The number of ether oxygens (including phenoxy) is 1. The molecule has 0 radical (unpaired) electrons. The van der Waals surface area contributed by atoms with Gasteiger partial charge in [-0.2, -0.15) is 10.5 Å². The molecular formula is C24H19N5O3. The number of nitro groups is 1. The van der Waals surface area contributed by atoms with Gasteiger partial charge in [0.15, 0.2) is 0 Å². The first-order valence-electron chi connectivity index (χ1n) is 9.52. The van der Waals surface area contributed by atoms with Crippen molar-refractivity contribution in [3.63, 3.8) is 0 Å². The molecule has 0 atom stereocenters. The van der Waals surface area contributed by atoms with Gasteiger partial charge in [-0.05, 0) is 73.0 Å². The number of anilines is 3. The van der Waals surface area contributed by atoms with Gasteiger partial charge in [0.1, 0.15) is 5.75 Å². The Labute approximate surface area is 184 Å². The van der Waals surface area contributed by atoms with Crippen molar-refractivity contribution in [2.75, 3.05) is 11.1 Å². The van der Waals surface area contributed by atoms with Crippen LogP contribution in [0.5, 0.6) is 11.5 Å². The van der Waals surface area contributed by atoms with Gasteiger partial charge in [-0.3, -0.25) is 10.1 Å². The highest BCUT2D eigenvalue weighted by molar-refractivity contribution is 5.78. The summed E-state index contributed by atoms with van der Waals surface area (Å²) in [5, 5.41) is 32.4. The Morgan fingerprint density at radius 3 is 2.31 bits per heavy atom. The van der Waals surface area contributed by atoms with Crippen LogP contribution in [0, 0.1) is 46.6 Å². The molecule has 0 aliphatic carbocycles. The van der Waals surface area contributed by atoms with E-state index in [1.807, 2.05) is 38.1 Å². The van der Waals surface area contributed by atoms with Crippen molar-refractivity contribution >= 4 is 28.8 Å². The molecule has 0 saturated carbocycles. The molecule has 0 bridgehead atoms. The molecule has 3 rings (SSSR count). The lowest BCUT2D eigenvalue weighted by molar-refractivity contribution is -0.385. The maximum atomic E-state index is 11.6. The number of hydrogen-bond acceptors (Lipinski definition) is 7. The first kappa shape index (κ1) is 21.9. The summed E-state index contributed by atoms with van der Waals surface area (Å²) in [6, 6.07) is 17.1. The molecule has 3 aromatic rings. The van der Waals surface area contributed by atoms with Gasteiger partial charge in [-0.15, -0.1) is 0 Å². The summed E-state index contributed by atoms with van der Waals surface area (Å²) < 4.78 is 5.99. The number of aryl methyl sites for hydroxylation is 2. The summed E-state index contributed by atoms with van der Waals surface area (Å²) in [6.07, 6.45) is 3.05. The Morgan fingerprint density at radius 1 is 1.09 bits per heavy atom. The van der Waals surface area contributed by atoms with Crippen molar-refractivity contribution in [3.05, 3.63) is 87.0 Å². The summed E-state index contributed by atoms with van der Waals surface area (Å²) in [4.78, 5) is 11.1. The monoisotopic (exact) mass is 425 g/mol. The third-order valence-corrected chi connectivity index (χ3v) is 4.67. The van der Waals surface area contributed by atoms with Crippen molar-refractivity contribution in [1.29, 1.82) is 10.5 Å². The number of benzene rings is 3. The van der Waals surface area contributed by atoms with Crippen LogP contribution in [-0.2, 0) is 0 Å². The average Bonchev–Trinajstić information content (AvgIpc) is 2.77. The fraction of sp³-hybridized carbons (Fsp3) is 0.0833. The molecule has 32 heavy (non-hydrogen) atoms. The van der Waals surface area contributed by atoms with Crippen LogP contribution in [-0.4, -0.2) is 4.92 Å². The van der Waals surface area contributed by atoms with E-state index in [1.165, 1.54) is 18.2 Å². The zero-order valence-corrected chi connectivity index (χ0v) is 17.4. The zero-order chi connectivity index (χ0) is 23.3. The van der Waals surface area contributed by atoms with Crippen molar-refractivity contribution in [3.8, 4) is 23.6 Å². The lowest BCUT2D eigenvalue weighted by atomic mass is 10.1. The molecular weight excluding hydrogens is 406 g/mol. The van der Waals surface area contributed by atoms with Crippen LogP contribution in [0.1, 0.15) is 22.3 Å². The molecule has 0 aromatic heterocycles. The molecule has 8 heteroatoms. The van der Waals surface area contributed by atoms with E-state index in [0.717, 1.165) is 16.7 Å². The fourth-order valence-corrected chi connectivity index (χ4v) is 3.19. The summed E-state index contributed by atoms with van der Waals surface area (Å²) in [5.41, 5.74) is 9.90. The van der Waals surface area contributed by atoms with Gasteiger partial charge in [0, 0.05) is 23.9 Å². The third kappa shape index (κ3) is 4.84. The van der Waals surface area contributed by atoms with E-state index < -0.39 is 4.92 Å². The molecule has 0 amide bonds. The molecule has 8 nitrogen and oxygen atoms in total. The topological polar surface area (TPSA) is 138 Å². The molecule has 0 aliphatic heterocycles. The highest BCUT2D eigenvalue weighted by Crippen LogP contribution is 2.40. The SMILES string of the molecule is Cc1cc(/C=C/C#N)cc(C)c1Oc1cc(Nc2ccc(C#N)cc2)c(N)cc1[N+](=O)[O-]. The van der Waals surface area contributed by atoms with Crippen molar-refractivity contribution in [1.82, 2.24) is 0 Å². The number of nitrogens with zero attached hydrogens (tertiary/aromatic N) is 3. The molecule has 158 valence electrons. The second kappa shape index (κ2) is 9.33. The van der Waals surface area contributed by atoms with Crippen LogP contribution in [0.2, 0.25) is 0 Å². The molecule has 0 saturated heterocycles. The Bertz CT molecular complexity index is 1280. The molecule has 0 aliphatic rings. The number of allylic oxidation sites excluding steroid dienone is 1. The third-order valence-electron chi connectivity index (χ3n) is 4.67. The molecule has 3 aromatic carbocycles. The van der Waals surface area contributed by atoms with Gasteiger partial charge in [-0.25, -0.2) is 0 Å². The summed E-state index contributed by atoms with van der Waals surface area (Å²) in [6.45, 7) is 3.65. The van der Waals surface area contributed by atoms with E-state index in [0.29, 0.717) is 22.7 Å². The first-order valence-corrected chi connectivity index (χ1v) is 9.52. The smallest absolute Gasteiger partial charge is 0.313 e. The van der Waals surface area contributed by atoms with Gasteiger partial charge in [-0.1, -0.05) is 0 Å². The van der Waals surface area contributed by atoms with Crippen molar-refractivity contribution in [2.24, 2.45) is 0 Å². The van der Waals surface area contributed by atoms with Crippen molar-refractivity contribution in [2.45, 2.75) is 13.8 Å². The summed E-state index contributed by atoms with van der Waals surface area (Å²) in [7, 11) is 0. The minimum absolute atomic E-state index is 0.0341. The number of hydrogen-bond donors (Lipinski definition) is 2. The molecule has 0 spiro atoms. The maximum Gasteiger partial charge on any atom is 0.313 e. The number of nitriles is 2. The van der Waals surface area contributed by atoms with E-state index in [4.69, 9.17) is 21.0 Å². The summed E-state index contributed by atoms with van der Waals surface area (Å²) >= 11 is 0. The quantitative estimate of drug-likeness (QED) is 0.222. The van der Waals surface area contributed by atoms with Crippen LogP contribution in [0.3, 0.4) is 0 Å². The number of nitrogens with one attached hydrogen (secondary N) is 1. The van der Waals surface area contributed by atoms with E-state index in [-0.39, 0.29) is 17.1 Å². The fourth-order valence-electron chi connectivity index (χ4n) is 3.19. The number of nitrogen functional groups attached to an aromatic ring is 1. The Kier molecular flexibility index (Phi) is 6.38. The lowest BCUT2D eigenvalue weighted by Crippen LogP contribution is -2.02. The lowest BCUT2D eigenvalue weighted by Gasteiger charge is -2.16. The standard InChI is InChI=1S/C24H19N5O3/c1-15-10-18(4-3-9-25)11-16(2)24(15)32-23-13-21(20(27)12-22(23)29(30)31)28-19-7-5-17(14-26)6-8-19/h3-8,10-13,28H,27H2,1-2H3/b4-3+. The zero-order valence-electron chi connectivity index (χ0n) is 17.4. The van der Waals surface area contributed by atoms with Crippen LogP contribution in [0.4, 0.5) is 22.7 Å². The summed E-state index contributed by atoms with van der Waals surface area (Å²) in [5.74, 6) is 0.517. The average molecular weight is 425 g/mol. The predicted molar refractivity (Wildman–Crippen MR) is 123 cm³/mol. The first-order chi connectivity index (χ1) is 15.3. The van der Waals surface area contributed by atoms with Gasteiger partial charge in [0.05, 0.1) is 34.0 Å². The van der Waals surface area contributed by atoms with E-state index in [1.54, 1.807) is 30.3 Å². The molecule has 3 N–H and O–H groups in total. The number of nitro benzene ring substituents is 1. The Balaban J connectivity index is 2.01. The largest absolute Gasteiger partial charge is 0.449 e. The van der Waals surface area contributed by atoms with Crippen LogP contribution >= 0.6 is 0 Å². The van der Waals surface area contributed by atoms with Gasteiger partial charge in [0.2, 0.25) is 5.75 Å². The molecule has 0 unspecified atom stereocenters. The van der Waals surface area contributed by atoms with E-state index in [2.05, 4.69) is 5.32 Å². The van der Waals surface area contributed by atoms with Gasteiger partial charge < -0.3 is 15.8 Å². The van der Waals surface area contributed by atoms with E-state index >= 15 is 0 Å². The molecule has 0 heterocycles. The normalized spacial score (nSPS) is 10.4. The Morgan fingerprint density at radius 2 is 1.75 bits per heavy atom. The van der Waals surface area contributed by atoms with Crippen molar-refractivity contribution < 1.29 is 9.66 Å². The number of nitrogens with two attached hydrogens (primary N) is 1. The highest BCUT2D eigenvalue weighted by atomic mass is 16.6. The molecule has 0 fully saturated rings. The predicted octanol–water partition coefficient (Wildman–Crippen LogP) is 5.74. The van der Waals surface area contributed by atoms with Gasteiger partial charge in [0.25, 0.3) is 0 Å². The van der Waals surface area contributed by atoms with Crippen LogP contribution < -0.4 is 15.8 Å². The highest BCUT2D eigenvalue weighted by Gasteiger charge is 2.21. The second-order valence-electron chi connectivity index (χ2n) is 7.03. The minimum atomic E-state index is -0.550. The van der Waals surface area contributed by atoms with Crippen LogP contribution in [0.25, 0.3) is 6.08 Å². The Hall–Kier alpha value is -4.82. The second-order valence-corrected chi connectivity index (χ2v) is 7.03. The number of rotatable bonds is 6. The van der Waals surface area contributed by atoms with Gasteiger partial charge >= 0.3 is 5.69 Å².